The van der Waals surface area contributed by atoms with Crippen LogP contribution in [0.3, 0.4) is 0 Å². The summed E-state index contributed by atoms with van der Waals surface area (Å²) < 4.78 is 5.31. The van der Waals surface area contributed by atoms with E-state index in [1.54, 1.807) is 7.11 Å². The molecule has 0 fully saturated rings. The van der Waals surface area contributed by atoms with Crippen molar-refractivity contribution >= 4 is 11.9 Å². The summed E-state index contributed by atoms with van der Waals surface area (Å²) in [5, 5.41) is 9.54. The number of aliphatic carboxylic acids is 1. The zero-order valence-corrected chi connectivity index (χ0v) is 14.1. The van der Waals surface area contributed by atoms with Crippen LogP contribution in [0.15, 0.2) is 48.5 Å². The molecule has 25 heavy (non-hydrogen) atoms. The van der Waals surface area contributed by atoms with E-state index in [0.29, 0.717) is 19.4 Å². The van der Waals surface area contributed by atoms with Crippen LogP contribution in [-0.2, 0) is 29.0 Å². The van der Waals surface area contributed by atoms with E-state index in [4.69, 9.17) is 4.74 Å². The van der Waals surface area contributed by atoms with E-state index in [0.717, 1.165) is 22.4 Å². The number of carboxylic acids is 1. The number of carbonyl (C=O) groups is 2. The van der Waals surface area contributed by atoms with E-state index in [9.17, 15) is 14.7 Å². The second kappa shape index (κ2) is 7.38. The van der Waals surface area contributed by atoms with E-state index in [-0.39, 0.29) is 12.3 Å². The summed E-state index contributed by atoms with van der Waals surface area (Å²) in [7, 11) is 1.60. The van der Waals surface area contributed by atoms with Crippen LogP contribution in [0, 0.1) is 0 Å². The van der Waals surface area contributed by atoms with Gasteiger partial charge in [0, 0.05) is 19.4 Å². The fourth-order valence-corrected chi connectivity index (χ4v) is 3.30. The van der Waals surface area contributed by atoms with E-state index in [1.807, 2.05) is 48.5 Å². The predicted molar refractivity (Wildman–Crippen MR) is 93.4 cm³/mol. The molecule has 0 radical (unpaired) electrons. The Kier molecular flexibility index (Phi) is 5.03. The minimum absolute atomic E-state index is 0.146. The number of carboxylic acid groups (broad SMARTS) is 1. The molecule has 0 bridgehead atoms. The third-order valence-corrected chi connectivity index (χ3v) is 4.65. The molecular formula is C20H21NO4. The first-order valence-electron chi connectivity index (χ1n) is 8.31. The second-order valence-corrected chi connectivity index (χ2v) is 6.16. The highest BCUT2D eigenvalue weighted by Gasteiger charge is 2.34. The van der Waals surface area contributed by atoms with Crippen molar-refractivity contribution < 1.29 is 19.4 Å². The molecule has 1 atom stereocenters. The van der Waals surface area contributed by atoms with Gasteiger partial charge in [-0.3, -0.25) is 4.79 Å². The van der Waals surface area contributed by atoms with Gasteiger partial charge in [0.2, 0.25) is 5.91 Å². The topological polar surface area (TPSA) is 66.8 Å². The molecule has 0 aliphatic carbocycles. The van der Waals surface area contributed by atoms with E-state index >= 15 is 0 Å². The molecule has 1 unspecified atom stereocenters. The molecule has 0 saturated heterocycles. The van der Waals surface area contributed by atoms with E-state index in [2.05, 4.69) is 0 Å². The highest BCUT2D eigenvalue weighted by molar-refractivity contribution is 5.84. The van der Waals surface area contributed by atoms with Crippen LogP contribution in [0.5, 0.6) is 5.75 Å². The molecule has 0 saturated carbocycles. The number of hydrogen-bond acceptors (Lipinski definition) is 3. The van der Waals surface area contributed by atoms with Crippen molar-refractivity contribution in [2.45, 2.75) is 31.8 Å². The van der Waals surface area contributed by atoms with E-state index in [1.165, 1.54) is 4.90 Å². The molecule has 1 N–H and O–H groups in total. The minimum Gasteiger partial charge on any atom is -0.496 e. The maximum absolute atomic E-state index is 12.7. The number of carbonyl (C=O) groups excluding carboxylic acids is 1. The van der Waals surface area contributed by atoms with Gasteiger partial charge in [0.15, 0.2) is 0 Å². The van der Waals surface area contributed by atoms with Crippen molar-refractivity contribution in [3.05, 3.63) is 65.2 Å². The van der Waals surface area contributed by atoms with Crippen LogP contribution in [0.25, 0.3) is 0 Å². The van der Waals surface area contributed by atoms with Crippen LogP contribution in [0.2, 0.25) is 0 Å². The molecule has 3 rings (SSSR count). The van der Waals surface area contributed by atoms with Gasteiger partial charge in [-0.15, -0.1) is 0 Å². The Bertz CT molecular complexity index is 787. The van der Waals surface area contributed by atoms with Crippen LogP contribution in [0.4, 0.5) is 0 Å². The second-order valence-electron chi connectivity index (χ2n) is 6.16. The lowest BCUT2D eigenvalue weighted by atomic mass is 9.93. The zero-order valence-electron chi connectivity index (χ0n) is 14.1. The molecule has 1 amide bonds. The number of methoxy groups -OCH3 is 1. The molecular weight excluding hydrogens is 318 g/mol. The number of rotatable bonds is 5. The third-order valence-electron chi connectivity index (χ3n) is 4.65. The van der Waals surface area contributed by atoms with Crippen molar-refractivity contribution in [3.63, 3.8) is 0 Å². The summed E-state index contributed by atoms with van der Waals surface area (Å²) in [6.45, 7) is 0.345. The van der Waals surface area contributed by atoms with Gasteiger partial charge < -0.3 is 14.7 Å². The van der Waals surface area contributed by atoms with E-state index < -0.39 is 12.0 Å². The lowest BCUT2D eigenvalue weighted by Gasteiger charge is -2.34. The Labute approximate surface area is 146 Å². The van der Waals surface area contributed by atoms with Crippen LogP contribution < -0.4 is 4.74 Å². The van der Waals surface area contributed by atoms with Crippen molar-refractivity contribution in [3.8, 4) is 5.75 Å². The molecule has 2 aromatic rings. The fourth-order valence-electron chi connectivity index (χ4n) is 3.30. The molecule has 130 valence electrons. The highest BCUT2D eigenvalue weighted by Crippen LogP contribution is 2.25. The summed E-state index contributed by atoms with van der Waals surface area (Å²) in [6.07, 6.45) is 1.13. The monoisotopic (exact) mass is 339 g/mol. The third kappa shape index (κ3) is 3.65. The van der Waals surface area contributed by atoms with Gasteiger partial charge in [0.1, 0.15) is 11.8 Å². The maximum Gasteiger partial charge on any atom is 0.326 e. The highest BCUT2D eigenvalue weighted by atomic mass is 16.5. The predicted octanol–water partition coefficient (Wildman–Crippen LogP) is 2.67. The summed E-state index contributed by atoms with van der Waals surface area (Å²) in [5.41, 5.74) is 2.97. The summed E-state index contributed by atoms with van der Waals surface area (Å²) in [4.78, 5) is 25.8. The number of amides is 1. The normalized spacial score (nSPS) is 16.2. The Balaban J connectivity index is 1.75. The smallest absolute Gasteiger partial charge is 0.326 e. The molecule has 1 aliphatic rings. The Hall–Kier alpha value is -2.82. The maximum atomic E-state index is 12.7. The lowest BCUT2D eigenvalue weighted by Crippen LogP contribution is -2.48. The molecule has 2 aromatic carbocycles. The number of nitrogens with zero attached hydrogens (tertiary/aromatic N) is 1. The Morgan fingerprint density at radius 1 is 1.12 bits per heavy atom. The van der Waals surface area contributed by atoms with Crippen molar-refractivity contribution in [2.24, 2.45) is 0 Å². The molecule has 5 nitrogen and oxygen atoms in total. The fraction of sp³-hybridized carbons (Fsp3) is 0.300. The SMILES string of the molecule is COc1ccccc1CCC(=O)N1Cc2ccccc2CC1C(=O)O. The summed E-state index contributed by atoms with van der Waals surface area (Å²) in [6, 6.07) is 14.5. The number of para-hydroxylation sites is 1. The molecule has 5 heteroatoms. The lowest BCUT2D eigenvalue weighted by molar-refractivity contribution is -0.151. The summed E-state index contributed by atoms with van der Waals surface area (Å²) >= 11 is 0. The zero-order chi connectivity index (χ0) is 17.8. The van der Waals surface area contributed by atoms with Crippen LogP contribution in [0.1, 0.15) is 23.1 Å². The number of ether oxygens (including phenoxy) is 1. The quantitative estimate of drug-likeness (QED) is 0.909. The first kappa shape index (κ1) is 17.0. The first-order valence-corrected chi connectivity index (χ1v) is 8.31. The van der Waals surface area contributed by atoms with Gasteiger partial charge in [-0.25, -0.2) is 4.79 Å². The number of benzene rings is 2. The number of aryl methyl sites for hydroxylation is 1. The Morgan fingerprint density at radius 2 is 1.80 bits per heavy atom. The number of fused-ring (bicyclic) bond motifs is 1. The van der Waals surface area contributed by atoms with Gasteiger partial charge in [0.05, 0.1) is 7.11 Å². The summed E-state index contributed by atoms with van der Waals surface area (Å²) in [5.74, 6) is -0.359. The molecule has 0 aromatic heterocycles. The molecule has 0 spiro atoms. The van der Waals surface area contributed by atoms with Crippen LogP contribution >= 0.6 is 0 Å². The van der Waals surface area contributed by atoms with Gasteiger partial charge in [-0.2, -0.15) is 0 Å². The van der Waals surface area contributed by atoms with Crippen molar-refractivity contribution in [1.29, 1.82) is 0 Å². The largest absolute Gasteiger partial charge is 0.496 e. The van der Waals surface area contributed by atoms with Crippen molar-refractivity contribution in [1.82, 2.24) is 4.90 Å². The molecule has 1 heterocycles. The van der Waals surface area contributed by atoms with Crippen LogP contribution in [-0.4, -0.2) is 35.0 Å². The first-order chi connectivity index (χ1) is 12.1. The average Bonchev–Trinajstić information content (AvgIpc) is 2.65. The number of hydrogen-bond donors (Lipinski definition) is 1. The average molecular weight is 339 g/mol. The minimum atomic E-state index is -0.958. The van der Waals surface area contributed by atoms with Crippen molar-refractivity contribution in [2.75, 3.05) is 7.11 Å². The molecule has 1 aliphatic heterocycles. The van der Waals surface area contributed by atoms with Gasteiger partial charge in [0.25, 0.3) is 0 Å². The Morgan fingerprint density at radius 3 is 2.52 bits per heavy atom. The van der Waals surface area contributed by atoms with Gasteiger partial charge >= 0.3 is 5.97 Å². The van der Waals surface area contributed by atoms with Gasteiger partial charge in [-0.05, 0) is 29.2 Å². The van der Waals surface area contributed by atoms with Gasteiger partial charge in [-0.1, -0.05) is 42.5 Å². The standard InChI is InChI=1S/C20H21NO4/c1-25-18-9-5-4-6-14(18)10-11-19(22)21-13-16-8-3-2-7-15(16)12-17(21)20(23)24/h2-9,17H,10-13H2,1H3,(H,23,24).